The number of methoxy groups -OCH3 is 1. The molecule has 1 aromatic rings. The van der Waals surface area contributed by atoms with E-state index in [0.29, 0.717) is 17.5 Å². The summed E-state index contributed by atoms with van der Waals surface area (Å²) in [5, 5.41) is 13.1. The van der Waals surface area contributed by atoms with Gasteiger partial charge in [-0.1, -0.05) is 6.07 Å². The van der Waals surface area contributed by atoms with E-state index in [1.165, 1.54) is 6.42 Å². The molecule has 0 unspecified atom stereocenters. The molecule has 0 aliphatic carbocycles. The van der Waals surface area contributed by atoms with Crippen LogP contribution >= 0.6 is 12.4 Å². The Morgan fingerprint density at radius 3 is 2.80 bits per heavy atom. The average Bonchev–Trinajstić information content (AvgIpc) is 2.70. The van der Waals surface area contributed by atoms with Crippen LogP contribution in [0.25, 0.3) is 0 Å². The molecule has 1 aliphatic rings. The number of phenolic OH excluding ortho intramolecular Hbond substituents is 1. The molecule has 4 heteroatoms. The minimum atomic E-state index is 0. The van der Waals surface area contributed by atoms with Crippen molar-refractivity contribution in [2.24, 2.45) is 0 Å². The predicted molar refractivity (Wildman–Crippen MR) is 61.9 cm³/mol. The second kappa shape index (κ2) is 5.24. The molecule has 1 saturated heterocycles. The summed E-state index contributed by atoms with van der Waals surface area (Å²) in [5.74, 6) is 1.02. The molecule has 0 saturated carbocycles. The number of nitrogens with one attached hydrogen (secondary N) is 1. The van der Waals surface area contributed by atoms with Gasteiger partial charge in [0.2, 0.25) is 0 Å². The van der Waals surface area contributed by atoms with Gasteiger partial charge in [0, 0.05) is 17.7 Å². The van der Waals surface area contributed by atoms with Gasteiger partial charge in [0.1, 0.15) is 11.5 Å². The van der Waals surface area contributed by atoms with Gasteiger partial charge in [0.05, 0.1) is 7.11 Å². The molecule has 0 aromatic heterocycles. The van der Waals surface area contributed by atoms with Gasteiger partial charge in [-0.15, -0.1) is 12.4 Å². The molecule has 2 N–H and O–H groups in total. The number of hydrogen-bond donors (Lipinski definition) is 2. The van der Waals surface area contributed by atoms with Crippen LogP contribution in [0.15, 0.2) is 18.2 Å². The van der Waals surface area contributed by atoms with E-state index in [1.54, 1.807) is 13.2 Å². The van der Waals surface area contributed by atoms with Crippen LogP contribution in [0.1, 0.15) is 24.4 Å². The minimum Gasteiger partial charge on any atom is -0.507 e. The number of aromatic hydroxyl groups is 1. The smallest absolute Gasteiger partial charge is 0.124 e. The Morgan fingerprint density at radius 2 is 2.27 bits per heavy atom. The van der Waals surface area contributed by atoms with E-state index >= 15 is 0 Å². The van der Waals surface area contributed by atoms with E-state index in [-0.39, 0.29) is 12.4 Å². The Hall–Kier alpha value is -0.930. The number of hydrogen-bond acceptors (Lipinski definition) is 3. The topological polar surface area (TPSA) is 41.5 Å². The summed E-state index contributed by atoms with van der Waals surface area (Å²) in [7, 11) is 1.60. The zero-order chi connectivity index (χ0) is 9.97. The fourth-order valence-corrected chi connectivity index (χ4v) is 1.90. The number of benzene rings is 1. The Morgan fingerprint density at radius 1 is 1.47 bits per heavy atom. The summed E-state index contributed by atoms with van der Waals surface area (Å²) in [6.07, 6.45) is 2.27. The third-order valence-corrected chi connectivity index (χ3v) is 2.67. The SMILES string of the molecule is COc1ccc([C@H]2CCCN2)c(O)c1.Cl. The zero-order valence-corrected chi connectivity index (χ0v) is 9.51. The van der Waals surface area contributed by atoms with Gasteiger partial charge in [-0.3, -0.25) is 0 Å². The molecule has 3 nitrogen and oxygen atoms in total. The van der Waals surface area contributed by atoms with Crippen LogP contribution < -0.4 is 10.1 Å². The predicted octanol–water partition coefficient (Wildman–Crippen LogP) is 2.25. The molecule has 15 heavy (non-hydrogen) atoms. The first-order chi connectivity index (χ1) is 6.81. The largest absolute Gasteiger partial charge is 0.507 e. The van der Waals surface area contributed by atoms with Crippen LogP contribution in [0.3, 0.4) is 0 Å². The maximum atomic E-state index is 9.76. The van der Waals surface area contributed by atoms with E-state index in [9.17, 15) is 5.11 Å². The van der Waals surface area contributed by atoms with Crippen molar-refractivity contribution in [2.45, 2.75) is 18.9 Å². The van der Waals surface area contributed by atoms with Gasteiger partial charge in [-0.05, 0) is 25.5 Å². The molecule has 84 valence electrons. The molecule has 0 spiro atoms. The van der Waals surface area contributed by atoms with Crippen LogP contribution in [-0.4, -0.2) is 18.8 Å². The van der Waals surface area contributed by atoms with Gasteiger partial charge in [0.25, 0.3) is 0 Å². The van der Waals surface area contributed by atoms with Gasteiger partial charge >= 0.3 is 0 Å². The number of rotatable bonds is 2. The zero-order valence-electron chi connectivity index (χ0n) is 8.69. The minimum absolute atomic E-state index is 0. The first-order valence-corrected chi connectivity index (χ1v) is 4.91. The van der Waals surface area contributed by atoms with Crippen molar-refractivity contribution in [3.63, 3.8) is 0 Å². The number of phenols is 1. The Labute approximate surface area is 95.9 Å². The molecule has 0 amide bonds. The van der Waals surface area contributed by atoms with Crippen molar-refractivity contribution in [3.05, 3.63) is 23.8 Å². The maximum Gasteiger partial charge on any atom is 0.124 e. The second-order valence-corrected chi connectivity index (χ2v) is 3.57. The van der Waals surface area contributed by atoms with Crippen molar-refractivity contribution in [3.8, 4) is 11.5 Å². The van der Waals surface area contributed by atoms with Crippen molar-refractivity contribution < 1.29 is 9.84 Å². The highest BCUT2D eigenvalue weighted by molar-refractivity contribution is 5.85. The number of halogens is 1. The summed E-state index contributed by atoms with van der Waals surface area (Å²) < 4.78 is 5.03. The van der Waals surface area contributed by atoms with E-state index in [0.717, 1.165) is 18.5 Å². The Kier molecular flexibility index (Phi) is 4.24. The highest BCUT2D eigenvalue weighted by atomic mass is 35.5. The lowest BCUT2D eigenvalue weighted by molar-refractivity contribution is 0.404. The second-order valence-electron chi connectivity index (χ2n) is 3.57. The molecular weight excluding hydrogens is 214 g/mol. The standard InChI is InChI=1S/C11H15NO2.ClH/c1-14-8-4-5-9(11(13)7-8)10-3-2-6-12-10;/h4-5,7,10,12-13H,2-3,6H2,1H3;1H/t10-;/m1./s1. The molecule has 0 bridgehead atoms. The lowest BCUT2D eigenvalue weighted by atomic mass is 10.0. The van der Waals surface area contributed by atoms with Crippen LogP contribution in [-0.2, 0) is 0 Å². The summed E-state index contributed by atoms with van der Waals surface area (Å²) in [5.41, 5.74) is 0.975. The van der Waals surface area contributed by atoms with Crippen LogP contribution in [0.5, 0.6) is 11.5 Å². The van der Waals surface area contributed by atoms with Crippen molar-refractivity contribution >= 4 is 12.4 Å². The summed E-state index contributed by atoms with van der Waals surface area (Å²) in [6.45, 7) is 1.04. The normalized spacial score (nSPS) is 19.7. The fraction of sp³-hybridized carbons (Fsp3) is 0.455. The maximum absolute atomic E-state index is 9.76. The Bertz CT molecular complexity index is 324. The first kappa shape index (κ1) is 12.1. The molecular formula is C11H16ClNO2. The number of ether oxygens (including phenoxy) is 1. The van der Waals surface area contributed by atoms with E-state index in [4.69, 9.17) is 4.74 Å². The van der Waals surface area contributed by atoms with Crippen LogP contribution in [0.2, 0.25) is 0 Å². The molecule has 2 rings (SSSR count). The quantitative estimate of drug-likeness (QED) is 0.818. The highest BCUT2D eigenvalue weighted by Gasteiger charge is 2.19. The molecule has 1 aromatic carbocycles. The molecule has 1 aliphatic heterocycles. The van der Waals surface area contributed by atoms with Crippen molar-refractivity contribution in [2.75, 3.05) is 13.7 Å². The van der Waals surface area contributed by atoms with Crippen molar-refractivity contribution in [1.82, 2.24) is 5.32 Å². The third kappa shape index (κ3) is 2.55. The van der Waals surface area contributed by atoms with Gasteiger partial charge < -0.3 is 15.2 Å². The van der Waals surface area contributed by atoms with E-state index in [2.05, 4.69) is 5.32 Å². The Balaban J connectivity index is 0.00000112. The summed E-state index contributed by atoms with van der Waals surface area (Å²) >= 11 is 0. The monoisotopic (exact) mass is 229 g/mol. The molecule has 1 fully saturated rings. The molecule has 0 radical (unpaired) electrons. The van der Waals surface area contributed by atoms with Gasteiger partial charge in [-0.2, -0.15) is 0 Å². The van der Waals surface area contributed by atoms with E-state index < -0.39 is 0 Å². The lowest BCUT2D eigenvalue weighted by Gasteiger charge is -2.13. The average molecular weight is 230 g/mol. The van der Waals surface area contributed by atoms with Gasteiger partial charge in [-0.25, -0.2) is 0 Å². The lowest BCUT2D eigenvalue weighted by Crippen LogP contribution is -2.12. The highest BCUT2D eigenvalue weighted by Crippen LogP contribution is 2.32. The van der Waals surface area contributed by atoms with Crippen molar-refractivity contribution in [1.29, 1.82) is 0 Å². The molecule has 1 heterocycles. The van der Waals surface area contributed by atoms with Crippen LogP contribution in [0, 0.1) is 0 Å². The van der Waals surface area contributed by atoms with Crippen LogP contribution in [0.4, 0.5) is 0 Å². The summed E-state index contributed by atoms with van der Waals surface area (Å²) in [6, 6.07) is 5.78. The van der Waals surface area contributed by atoms with E-state index in [1.807, 2.05) is 12.1 Å². The third-order valence-electron chi connectivity index (χ3n) is 2.67. The first-order valence-electron chi connectivity index (χ1n) is 4.91. The fourth-order valence-electron chi connectivity index (χ4n) is 1.90. The van der Waals surface area contributed by atoms with Gasteiger partial charge in [0.15, 0.2) is 0 Å². The molecule has 1 atom stereocenters. The summed E-state index contributed by atoms with van der Waals surface area (Å²) in [4.78, 5) is 0.